The van der Waals surface area contributed by atoms with Gasteiger partial charge in [-0.05, 0) is 50.5 Å². The summed E-state index contributed by atoms with van der Waals surface area (Å²) >= 11 is 0. The van der Waals surface area contributed by atoms with Gasteiger partial charge in [-0.3, -0.25) is 23.4 Å². The van der Waals surface area contributed by atoms with E-state index in [1.807, 2.05) is 12.2 Å². The number of ketones is 1. The van der Waals surface area contributed by atoms with E-state index in [4.69, 9.17) is 19.1 Å². The van der Waals surface area contributed by atoms with Gasteiger partial charge in [0.2, 0.25) is 0 Å². The normalized spacial score (nSPS) is 14.3. The third-order valence-electron chi connectivity index (χ3n) is 9.39. The van der Waals surface area contributed by atoms with Gasteiger partial charge in [-0.2, -0.15) is 0 Å². The number of carbonyl (C=O) groups excluding carboxylic acids is 3. The topological polar surface area (TPSA) is 166 Å². The van der Waals surface area contributed by atoms with Crippen molar-refractivity contribution >= 4 is 25.5 Å². The number of unbranched alkanes of at least 4 members (excludes halogenated alkanes) is 16. The summed E-state index contributed by atoms with van der Waals surface area (Å²) in [4.78, 5) is 47.2. The number of phosphoric ester groups is 1. The molecule has 0 saturated carbocycles. The first kappa shape index (κ1) is 55.6. The number of esters is 2. The van der Waals surface area contributed by atoms with E-state index in [0.29, 0.717) is 6.42 Å². The van der Waals surface area contributed by atoms with Crippen LogP contribution in [0.4, 0.5) is 0 Å². The van der Waals surface area contributed by atoms with Gasteiger partial charge in [-0.25, -0.2) is 4.57 Å². The van der Waals surface area contributed by atoms with Gasteiger partial charge in [0.1, 0.15) is 12.7 Å². The van der Waals surface area contributed by atoms with Gasteiger partial charge in [-0.15, -0.1) is 0 Å². The summed E-state index contributed by atoms with van der Waals surface area (Å²) in [6.45, 7) is 4.41. The van der Waals surface area contributed by atoms with Crippen molar-refractivity contribution in [1.29, 1.82) is 0 Å². The largest absolute Gasteiger partial charge is 0.472 e. The average molecular weight is 841 g/mol. The zero-order valence-electron chi connectivity index (χ0n) is 36.4. The second-order valence-electron chi connectivity index (χ2n) is 15.6. The van der Waals surface area contributed by atoms with Gasteiger partial charge < -0.3 is 24.6 Å². The molecule has 3 atom stereocenters. The minimum Gasteiger partial charge on any atom is -0.462 e. The Morgan fingerprint density at radius 3 is 1.78 bits per heavy atom. The second kappa shape index (κ2) is 40.0. The molecule has 12 heteroatoms. The van der Waals surface area contributed by atoms with Gasteiger partial charge in [0.25, 0.3) is 0 Å². The van der Waals surface area contributed by atoms with Crippen molar-refractivity contribution in [2.24, 2.45) is 5.92 Å². The average Bonchev–Trinajstić information content (AvgIpc) is 3.19. The molecular formula is C46H81O11P. The number of hydrogen-bond donors (Lipinski definition) is 3. The number of phosphoric acid groups is 1. The fourth-order valence-corrected chi connectivity index (χ4v) is 6.69. The molecule has 58 heavy (non-hydrogen) atoms. The van der Waals surface area contributed by atoms with Gasteiger partial charge in [0.05, 0.1) is 19.8 Å². The van der Waals surface area contributed by atoms with Crippen molar-refractivity contribution in [2.75, 3.05) is 26.4 Å². The quantitative estimate of drug-likeness (QED) is 0.0134. The first-order valence-corrected chi connectivity index (χ1v) is 23.9. The lowest BCUT2D eigenvalue weighted by molar-refractivity contribution is -0.161. The Kier molecular flexibility index (Phi) is 38.4. The Labute approximate surface area is 351 Å². The predicted molar refractivity (Wildman–Crippen MR) is 233 cm³/mol. The molecule has 0 heterocycles. The van der Waals surface area contributed by atoms with E-state index in [1.54, 1.807) is 6.08 Å². The molecule has 336 valence electrons. The van der Waals surface area contributed by atoms with E-state index in [2.05, 4.69) is 49.6 Å². The zero-order valence-corrected chi connectivity index (χ0v) is 37.3. The molecule has 3 N–H and O–H groups in total. The maximum absolute atomic E-state index is 12.6. The first-order valence-electron chi connectivity index (χ1n) is 22.4. The first-order chi connectivity index (χ1) is 28.0. The summed E-state index contributed by atoms with van der Waals surface area (Å²) in [5, 5.41) is 18.3. The molecule has 0 aliphatic rings. The molecule has 0 aromatic rings. The third-order valence-corrected chi connectivity index (χ3v) is 10.3. The van der Waals surface area contributed by atoms with Crippen LogP contribution in [0.2, 0.25) is 0 Å². The number of aliphatic hydroxyl groups excluding tert-OH is 2. The van der Waals surface area contributed by atoms with Crippen molar-refractivity contribution in [2.45, 2.75) is 193 Å². The molecular weight excluding hydrogens is 759 g/mol. The lowest BCUT2D eigenvalue weighted by Crippen LogP contribution is -2.29. The second-order valence-corrected chi connectivity index (χ2v) is 17.0. The van der Waals surface area contributed by atoms with E-state index in [1.165, 1.54) is 96.0 Å². The number of hydrogen-bond acceptors (Lipinski definition) is 10. The summed E-state index contributed by atoms with van der Waals surface area (Å²) in [6, 6.07) is 0. The molecule has 1 unspecified atom stereocenters. The maximum Gasteiger partial charge on any atom is 0.472 e. The van der Waals surface area contributed by atoms with Gasteiger partial charge in [-0.1, -0.05) is 166 Å². The van der Waals surface area contributed by atoms with Crippen LogP contribution in [0.5, 0.6) is 0 Å². The Hall–Kier alpha value is -2.40. The van der Waals surface area contributed by atoms with Gasteiger partial charge in [0, 0.05) is 19.3 Å². The van der Waals surface area contributed by atoms with E-state index in [0.717, 1.165) is 44.4 Å². The van der Waals surface area contributed by atoms with Crippen LogP contribution >= 0.6 is 7.82 Å². The predicted octanol–water partition coefficient (Wildman–Crippen LogP) is 11.2. The highest BCUT2D eigenvalue weighted by atomic mass is 31.2. The molecule has 0 aromatic carbocycles. The highest BCUT2D eigenvalue weighted by Crippen LogP contribution is 2.43. The maximum atomic E-state index is 12.6. The smallest absolute Gasteiger partial charge is 0.462 e. The molecule has 0 saturated heterocycles. The van der Waals surface area contributed by atoms with Crippen LogP contribution in [0.15, 0.2) is 48.6 Å². The van der Waals surface area contributed by atoms with Crippen LogP contribution in [-0.2, 0) is 37.5 Å². The summed E-state index contributed by atoms with van der Waals surface area (Å²) < 4.78 is 32.5. The van der Waals surface area contributed by atoms with E-state index < -0.39 is 58.4 Å². The van der Waals surface area contributed by atoms with Crippen LogP contribution in [0, 0.1) is 5.92 Å². The molecule has 0 bridgehead atoms. The van der Waals surface area contributed by atoms with Crippen molar-refractivity contribution in [3.05, 3.63) is 48.6 Å². The Morgan fingerprint density at radius 2 is 1.17 bits per heavy atom. The summed E-state index contributed by atoms with van der Waals surface area (Å²) in [6.07, 6.45) is 38.0. The van der Waals surface area contributed by atoms with Crippen molar-refractivity contribution in [1.82, 2.24) is 0 Å². The van der Waals surface area contributed by atoms with Crippen LogP contribution in [0.1, 0.15) is 181 Å². The molecule has 0 aliphatic heterocycles. The fraction of sp³-hybridized carbons (Fsp3) is 0.761. The zero-order chi connectivity index (χ0) is 43.0. The standard InChI is InChI=1S/C46H81O11P/c1-4-5-6-7-8-9-10-13-17-20-23-26-29-33-42(48)34-31-36-45(50)54-39-44(40-56-58(52,53)55-38-43(49)37-47)57-46(51)35-30-27-24-21-18-15-12-11-14-16-19-22-25-28-32-41(2)3/h8-9,13,17,23,26,29,33,41,43-44,47,49H,4-7,10-12,14-16,18-22,24-25,27-28,30-32,34-40H2,1-3H3,(H,52,53)/b9-8-,17-13-,26-23-,33-29+/t43-,44+/m0/s1. The monoisotopic (exact) mass is 841 g/mol. The van der Waals surface area contributed by atoms with E-state index in [9.17, 15) is 28.9 Å². The summed E-state index contributed by atoms with van der Waals surface area (Å²) in [7, 11) is -4.67. The number of allylic oxidation sites excluding steroid dienone is 8. The molecule has 0 radical (unpaired) electrons. The van der Waals surface area contributed by atoms with Crippen LogP contribution in [0.3, 0.4) is 0 Å². The molecule has 11 nitrogen and oxygen atoms in total. The molecule has 0 aromatic heterocycles. The number of aliphatic hydroxyl groups is 2. The fourth-order valence-electron chi connectivity index (χ4n) is 5.90. The lowest BCUT2D eigenvalue weighted by Gasteiger charge is -2.20. The highest BCUT2D eigenvalue weighted by Gasteiger charge is 2.27. The van der Waals surface area contributed by atoms with Crippen LogP contribution < -0.4 is 0 Å². The Balaban J connectivity index is 4.45. The number of carbonyl (C=O) groups is 3. The van der Waals surface area contributed by atoms with Gasteiger partial charge in [0.15, 0.2) is 11.9 Å². The van der Waals surface area contributed by atoms with Crippen molar-refractivity contribution in [3.8, 4) is 0 Å². The summed E-state index contributed by atoms with van der Waals surface area (Å²) in [5.41, 5.74) is 0. The number of ether oxygens (including phenoxy) is 2. The SMILES string of the molecule is CCCCC/C=C\C/C=C\C/C=C\C=C\C(=O)CCCC(=O)OC[C@H](COP(=O)(O)OC[C@@H](O)CO)OC(=O)CCCCCCCCCCCCCCCCC(C)C. The molecule has 0 amide bonds. The van der Waals surface area contributed by atoms with Crippen LogP contribution in [-0.4, -0.2) is 71.5 Å². The number of rotatable bonds is 41. The molecule has 0 rings (SSSR count). The Morgan fingerprint density at radius 1 is 0.621 bits per heavy atom. The van der Waals surface area contributed by atoms with Gasteiger partial charge >= 0.3 is 19.8 Å². The van der Waals surface area contributed by atoms with Crippen LogP contribution in [0.25, 0.3) is 0 Å². The van der Waals surface area contributed by atoms with E-state index >= 15 is 0 Å². The Bertz CT molecular complexity index is 1180. The minimum atomic E-state index is -4.67. The molecule has 0 aliphatic carbocycles. The highest BCUT2D eigenvalue weighted by molar-refractivity contribution is 7.47. The minimum absolute atomic E-state index is 0.0475. The van der Waals surface area contributed by atoms with Crippen molar-refractivity contribution < 1.29 is 52.6 Å². The van der Waals surface area contributed by atoms with E-state index in [-0.39, 0.29) is 31.5 Å². The molecule has 0 fully saturated rings. The molecule has 0 spiro atoms. The third kappa shape index (κ3) is 40.4. The van der Waals surface area contributed by atoms with Crippen molar-refractivity contribution in [3.63, 3.8) is 0 Å². The summed E-state index contributed by atoms with van der Waals surface area (Å²) in [5.74, 6) is -0.495. The lowest BCUT2D eigenvalue weighted by atomic mass is 10.0.